The van der Waals surface area contributed by atoms with Crippen LogP contribution in [0, 0.1) is 0 Å². The molecule has 3 rings (SSSR count). The van der Waals surface area contributed by atoms with Crippen molar-refractivity contribution < 1.29 is 28.9 Å². The Morgan fingerprint density at radius 2 is 1.88 bits per heavy atom. The Morgan fingerprint density at radius 1 is 1.10 bits per heavy atom. The molecule has 1 heterocycles. The summed E-state index contributed by atoms with van der Waals surface area (Å²) in [4.78, 5) is 34.7. The Kier molecular flexibility index (Phi) is 10.9. The molecule has 0 atom stereocenters. The second-order valence-electron chi connectivity index (χ2n) is 8.02. The summed E-state index contributed by atoms with van der Waals surface area (Å²) < 4.78 is 15.9. The van der Waals surface area contributed by atoms with Crippen molar-refractivity contribution in [1.82, 2.24) is 9.97 Å². The average molecular weight is 591 g/mol. The zero-order valence-corrected chi connectivity index (χ0v) is 23.5. The molecular formula is C26H28Cl2N6O6. The first-order valence-electron chi connectivity index (χ1n) is 11.7. The van der Waals surface area contributed by atoms with Crippen LogP contribution in [0.5, 0.6) is 11.5 Å². The first-order chi connectivity index (χ1) is 19.2. The van der Waals surface area contributed by atoms with E-state index in [4.69, 9.17) is 42.5 Å². The number of hydrogen-bond acceptors (Lipinski definition) is 9. The monoisotopic (exact) mass is 590 g/mol. The van der Waals surface area contributed by atoms with Crippen LogP contribution in [0.4, 0.5) is 33.5 Å². The zero-order chi connectivity index (χ0) is 29.2. The summed E-state index contributed by atoms with van der Waals surface area (Å²) in [5.41, 5.74) is 1.58. The van der Waals surface area contributed by atoms with Crippen molar-refractivity contribution in [1.29, 1.82) is 0 Å². The van der Waals surface area contributed by atoms with Crippen LogP contribution in [0.15, 0.2) is 49.3 Å². The summed E-state index contributed by atoms with van der Waals surface area (Å²) in [5.74, 6) is 0.870. The third-order valence-corrected chi connectivity index (χ3v) is 6.16. The normalized spacial score (nSPS) is 10.4. The minimum absolute atomic E-state index is 0.0885. The van der Waals surface area contributed by atoms with E-state index >= 15 is 0 Å². The fraction of sp³-hybridized carbons (Fsp3) is 0.231. The predicted molar refractivity (Wildman–Crippen MR) is 154 cm³/mol. The maximum absolute atomic E-state index is 13.1. The van der Waals surface area contributed by atoms with E-state index in [0.717, 1.165) is 6.08 Å². The van der Waals surface area contributed by atoms with Crippen molar-refractivity contribution in [2.24, 2.45) is 0 Å². The van der Waals surface area contributed by atoms with Crippen LogP contribution in [0.1, 0.15) is 5.56 Å². The van der Waals surface area contributed by atoms with E-state index in [1.165, 1.54) is 38.6 Å². The van der Waals surface area contributed by atoms with Gasteiger partial charge in [-0.15, -0.1) is 0 Å². The largest absolute Gasteiger partial charge is 0.495 e. The van der Waals surface area contributed by atoms with Gasteiger partial charge in [0.25, 0.3) is 0 Å². The van der Waals surface area contributed by atoms with Gasteiger partial charge in [0.15, 0.2) is 0 Å². The van der Waals surface area contributed by atoms with Gasteiger partial charge in [0.05, 0.1) is 42.4 Å². The van der Waals surface area contributed by atoms with Gasteiger partial charge in [-0.1, -0.05) is 29.8 Å². The smallest absolute Gasteiger partial charge is 0.327 e. The average Bonchev–Trinajstić information content (AvgIpc) is 2.96. The number of methoxy groups -OCH3 is 2. The van der Waals surface area contributed by atoms with Crippen LogP contribution >= 0.6 is 23.2 Å². The number of urea groups is 1. The van der Waals surface area contributed by atoms with Gasteiger partial charge in [0, 0.05) is 31.9 Å². The lowest BCUT2D eigenvalue weighted by atomic mass is 10.2. The van der Waals surface area contributed by atoms with Gasteiger partial charge in [-0.2, -0.15) is 0 Å². The van der Waals surface area contributed by atoms with E-state index in [9.17, 15) is 9.59 Å². The van der Waals surface area contributed by atoms with Crippen molar-refractivity contribution in [2.75, 3.05) is 55.3 Å². The lowest BCUT2D eigenvalue weighted by Gasteiger charge is -2.20. The molecule has 0 aliphatic rings. The van der Waals surface area contributed by atoms with E-state index in [0.29, 0.717) is 34.3 Å². The molecule has 212 valence electrons. The molecule has 40 heavy (non-hydrogen) atoms. The first kappa shape index (κ1) is 30.4. The number of hydrogen-bond donors (Lipinski definition) is 4. The molecule has 3 aromatic rings. The van der Waals surface area contributed by atoms with E-state index in [1.54, 1.807) is 24.3 Å². The summed E-state index contributed by atoms with van der Waals surface area (Å²) in [6, 6.07) is 7.47. The lowest BCUT2D eigenvalue weighted by molar-refractivity contribution is -0.111. The van der Waals surface area contributed by atoms with Crippen LogP contribution in [0.2, 0.25) is 10.0 Å². The van der Waals surface area contributed by atoms with E-state index in [1.807, 2.05) is 0 Å². The van der Waals surface area contributed by atoms with Gasteiger partial charge in [0.1, 0.15) is 41.1 Å². The third kappa shape index (κ3) is 7.51. The number of ether oxygens (including phenoxy) is 3. The van der Waals surface area contributed by atoms with Crippen molar-refractivity contribution in [3.63, 3.8) is 0 Å². The molecule has 0 aliphatic heterocycles. The van der Waals surface area contributed by atoms with Crippen LogP contribution < -0.4 is 30.3 Å². The van der Waals surface area contributed by atoms with Crippen molar-refractivity contribution in [3.05, 3.63) is 64.9 Å². The predicted octanol–water partition coefficient (Wildman–Crippen LogP) is 4.85. The number of rotatable bonds is 12. The molecule has 0 spiro atoms. The number of amides is 3. The number of carbonyl (C=O) groups is 2. The van der Waals surface area contributed by atoms with Crippen molar-refractivity contribution in [2.45, 2.75) is 6.61 Å². The highest BCUT2D eigenvalue weighted by Crippen LogP contribution is 2.41. The number of aliphatic hydroxyl groups excluding tert-OH is 1. The second-order valence-corrected chi connectivity index (χ2v) is 8.78. The molecule has 14 heteroatoms. The maximum Gasteiger partial charge on any atom is 0.327 e. The van der Waals surface area contributed by atoms with E-state index < -0.39 is 11.9 Å². The lowest BCUT2D eigenvalue weighted by Crippen LogP contribution is -2.32. The number of benzene rings is 2. The van der Waals surface area contributed by atoms with Crippen LogP contribution in [0.3, 0.4) is 0 Å². The molecule has 0 saturated heterocycles. The minimum atomic E-state index is -0.589. The number of carbonyl (C=O) groups excluding carboxylic acids is 2. The molecule has 0 bridgehead atoms. The molecule has 3 amide bonds. The summed E-state index contributed by atoms with van der Waals surface area (Å²) in [7, 11) is 4.46. The molecule has 0 fully saturated rings. The fourth-order valence-corrected chi connectivity index (χ4v) is 3.96. The number of anilines is 5. The molecule has 0 aliphatic carbocycles. The van der Waals surface area contributed by atoms with Crippen LogP contribution in [0.25, 0.3) is 0 Å². The maximum atomic E-state index is 13.1. The molecular weight excluding hydrogens is 563 g/mol. The summed E-state index contributed by atoms with van der Waals surface area (Å²) in [6.45, 7) is 3.57. The highest BCUT2D eigenvalue weighted by Gasteiger charge is 2.21. The standard InChI is InChI=1S/C26H28Cl2N6O6/c1-5-22(36)32-18-11-16(40-9-8-35)6-7-17(18)31-20-12-21(30-14-29-20)34(2)26(37)33-25-23(27)15(13-38-3)10-19(39-4)24(25)28/h5-7,10-12,14,35H,1,8-9,13H2,2-4H3,(H,32,36)(H,33,37)(H,29,30,31). The van der Waals surface area contributed by atoms with Gasteiger partial charge < -0.3 is 35.3 Å². The fourth-order valence-electron chi connectivity index (χ4n) is 3.39. The molecule has 0 saturated carbocycles. The summed E-state index contributed by atoms with van der Waals surface area (Å²) >= 11 is 12.9. The molecule has 0 unspecified atom stereocenters. The summed E-state index contributed by atoms with van der Waals surface area (Å²) in [5, 5.41) is 17.8. The minimum Gasteiger partial charge on any atom is -0.495 e. The van der Waals surface area contributed by atoms with Gasteiger partial charge in [-0.3, -0.25) is 9.69 Å². The summed E-state index contributed by atoms with van der Waals surface area (Å²) in [6.07, 6.45) is 2.39. The highest BCUT2D eigenvalue weighted by molar-refractivity contribution is 6.41. The van der Waals surface area contributed by atoms with Gasteiger partial charge >= 0.3 is 6.03 Å². The highest BCUT2D eigenvalue weighted by atomic mass is 35.5. The zero-order valence-electron chi connectivity index (χ0n) is 22.0. The topological polar surface area (TPSA) is 147 Å². The molecule has 12 nitrogen and oxygen atoms in total. The van der Waals surface area contributed by atoms with Gasteiger partial charge in [-0.25, -0.2) is 14.8 Å². The number of nitrogens with one attached hydrogen (secondary N) is 3. The van der Waals surface area contributed by atoms with E-state index in [2.05, 4.69) is 32.5 Å². The number of aromatic nitrogens is 2. The molecule has 0 radical (unpaired) electrons. The first-order valence-corrected chi connectivity index (χ1v) is 12.5. The Bertz CT molecular complexity index is 1390. The van der Waals surface area contributed by atoms with Crippen LogP contribution in [-0.4, -0.2) is 61.5 Å². The number of halogens is 2. The third-order valence-electron chi connectivity index (χ3n) is 5.35. The van der Waals surface area contributed by atoms with Crippen LogP contribution in [-0.2, 0) is 16.1 Å². The molecule has 1 aromatic heterocycles. The van der Waals surface area contributed by atoms with Gasteiger partial charge in [0.2, 0.25) is 5.91 Å². The molecule has 4 N–H and O–H groups in total. The quantitative estimate of drug-likeness (QED) is 0.217. The van der Waals surface area contributed by atoms with Gasteiger partial charge in [-0.05, 0) is 24.3 Å². The van der Waals surface area contributed by atoms with Crippen molar-refractivity contribution >= 4 is 63.8 Å². The Labute approximate surface area is 240 Å². The SMILES string of the molecule is C=CC(=O)Nc1cc(OCCO)ccc1Nc1cc(N(C)C(=O)Nc2c(Cl)c(COC)cc(OC)c2Cl)ncn1. The number of aliphatic hydroxyl groups is 1. The Balaban J connectivity index is 1.85. The molecule has 2 aromatic carbocycles. The van der Waals surface area contributed by atoms with E-state index in [-0.39, 0.29) is 41.4 Å². The van der Waals surface area contributed by atoms with Crippen molar-refractivity contribution in [3.8, 4) is 11.5 Å². The second kappa shape index (κ2) is 14.3. The number of nitrogens with zero attached hydrogens (tertiary/aromatic N) is 3. The Hall–Kier alpha value is -4.10. The Morgan fingerprint density at radius 3 is 2.55 bits per heavy atom.